The van der Waals surface area contributed by atoms with Gasteiger partial charge in [0.25, 0.3) is 5.56 Å². The third-order valence-corrected chi connectivity index (χ3v) is 5.32. The summed E-state index contributed by atoms with van der Waals surface area (Å²) >= 11 is 6.04. The van der Waals surface area contributed by atoms with Crippen molar-refractivity contribution in [2.45, 2.75) is 19.2 Å². The number of allylic oxidation sites excluding steroid dienone is 1. The summed E-state index contributed by atoms with van der Waals surface area (Å²) in [5.41, 5.74) is -2.16. The zero-order valence-electron chi connectivity index (χ0n) is 19.4. The van der Waals surface area contributed by atoms with Gasteiger partial charge in [-0.3, -0.25) is 19.7 Å². The molecule has 1 aromatic heterocycles. The summed E-state index contributed by atoms with van der Waals surface area (Å²) in [4.78, 5) is 43.3. The van der Waals surface area contributed by atoms with Crippen molar-refractivity contribution in [2.24, 2.45) is 7.05 Å². The summed E-state index contributed by atoms with van der Waals surface area (Å²) in [5, 5.41) is -0.421. The van der Waals surface area contributed by atoms with Crippen LogP contribution in [0.15, 0.2) is 70.4 Å². The van der Waals surface area contributed by atoms with E-state index in [4.69, 9.17) is 21.2 Å². The maximum absolute atomic E-state index is 14.8. The summed E-state index contributed by atoms with van der Waals surface area (Å²) in [7, 11) is 0.771. The highest BCUT2D eigenvalue weighted by Gasteiger charge is 2.35. The Kier molecular flexibility index (Phi) is 8.24. The zero-order valence-corrected chi connectivity index (χ0v) is 20.2. The van der Waals surface area contributed by atoms with Gasteiger partial charge in [0, 0.05) is 18.8 Å². The van der Waals surface area contributed by atoms with Crippen LogP contribution in [0.3, 0.4) is 0 Å². The van der Waals surface area contributed by atoms with Crippen LogP contribution in [0.4, 0.5) is 17.6 Å². The Morgan fingerprint density at radius 2 is 1.81 bits per heavy atom. The van der Waals surface area contributed by atoms with Crippen LogP contribution in [0.25, 0.3) is 5.69 Å². The Morgan fingerprint density at radius 3 is 2.41 bits per heavy atom. The second-order valence-corrected chi connectivity index (χ2v) is 8.23. The number of benzene rings is 2. The minimum Gasteiger partial charge on any atom is -0.451 e. The largest absolute Gasteiger partial charge is 0.451 e. The third kappa shape index (κ3) is 6.27. The van der Waals surface area contributed by atoms with Crippen LogP contribution in [0.5, 0.6) is 0 Å². The molecule has 0 amide bonds. The second kappa shape index (κ2) is 11.0. The first-order chi connectivity index (χ1) is 17.3. The van der Waals surface area contributed by atoms with E-state index in [-0.39, 0.29) is 21.8 Å². The summed E-state index contributed by atoms with van der Waals surface area (Å²) in [6.45, 7) is 5.08. The first-order valence-corrected chi connectivity index (χ1v) is 10.9. The number of hydrogen-bond acceptors (Lipinski definition) is 6. The van der Waals surface area contributed by atoms with Crippen LogP contribution in [0, 0.1) is 5.82 Å². The molecule has 1 N–H and O–H groups in total. The van der Waals surface area contributed by atoms with E-state index in [9.17, 15) is 31.9 Å². The van der Waals surface area contributed by atoms with Crippen molar-refractivity contribution in [3.8, 4) is 5.69 Å². The Bertz CT molecular complexity index is 1450. The van der Waals surface area contributed by atoms with E-state index < -0.39 is 57.3 Å². The lowest BCUT2D eigenvalue weighted by Gasteiger charge is -2.20. The molecular formula is C24H20ClF4N3O5. The van der Waals surface area contributed by atoms with Crippen molar-refractivity contribution in [1.82, 2.24) is 14.6 Å². The average molecular weight is 542 g/mol. The molecule has 0 aliphatic carbocycles. The van der Waals surface area contributed by atoms with Gasteiger partial charge in [0.15, 0.2) is 6.10 Å². The number of carbonyl (C=O) groups excluding carboxylic acids is 1. The maximum Gasteiger partial charge on any atom is 0.431 e. The van der Waals surface area contributed by atoms with Gasteiger partial charge in [-0.25, -0.2) is 18.5 Å². The van der Waals surface area contributed by atoms with Crippen molar-refractivity contribution in [1.29, 1.82) is 0 Å². The van der Waals surface area contributed by atoms with E-state index in [2.05, 4.69) is 12.1 Å². The zero-order chi connectivity index (χ0) is 27.5. The number of carbonyl (C=O) groups is 1. The van der Waals surface area contributed by atoms with Gasteiger partial charge in [0.05, 0.1) is 16.3 Å². The molecule has 0 saturated carbocycles. The van der Waals surface area contributed by atoms with Gasteiger partial charge in [-0.1, -0.05) is 48.5 Å². The molecule has 1 unspecified atom stereocenters. The van der Waals surface area contributed by atoms with Gasteiger partial charge in [-0.15, -0.1) is 0 Å². The summed E-state index contributed by atoms with van der Waals surface area (Å²) in [5.74, 6) is -2.30. The highest BCUT2D eigenvalue weighted by atomic mass is 35.5. The average Bonchev–Trinajstić information content (AvgIpc) is 2.81. The van der Waals surface area contributed by atoms with Crippen LogP contribution < -0.4 is 16.7 Å². The monoisotopic (exact) mass is 541 g/mol. The molecule has 37 heavy (non-hydrogen) atoms. The molecule has 0 spiro atoms. The molecule has 3 rings (SSSR count). The van der Waals surface area contributed by atoms with Gasteiger partial charge in [-0.2, -0.15) is 13.2 Å². The molecule has 0 aliphatic rings. The van der Waals surface area contributed by atoms with Crippen molar-refractivity contribution >= 4 is 17.6 Å². The Labute approximate surface area is 212 Å². The summed E-state index contributed by atoms with van der Waals surface area (Å²) < 4.78 is 60.1. The smallest absolute Gasteiger partial charge is 0.431 e. The van der Waals surface area contributed by atoms with Gasteiger partial charge < -0.3 is 4.74 Å². The Balaban J connectivity index is 2.04. The minimum atomic E-state index is -5.01. The van der Waals surface area contributed by atoms with E-state index in [1.807, 2.05) is 0 Å². The molecule has 0 radical (unpaired) electrons. The number of nitrogens with one attached hydrogen (secondary N) is 1. The van der Waals surface area contributed by atoms with Crippen molar-refractivity contribution in [3.63, 3.8) is 0 Å². The number of hydrogen-bond donors (Lipinski definition) is 1. The van der Waals surface area contributed by atoms with Crippen molar-refractivity contribution in [3.05, 3.63) is 109 Å². The number of nitrogens with zero attached hydrogens (tertiary/aromatic N) is 2. The van der Waals surface area contributed by atoms with Gasteiger partial charge >= 0.3 is 17.8 Å². The number of esters is 1. The lowest BCUT2D eigenvalue weighted by Crippen LogP contribution is -2.41. The van der Waals surface area contributed by atoms with Crippen molar-refractivity contribution < 1.29 is 31.9 Å². The van der Waals surface area contributed by atoms with Crippen LogP contribution in [0.1, 0.15) is 34.6 Å². The predicted octanol–water partition coefficient (Wildman–Crippen LogP) is 4.30. The fourth-order valence-electron chi connectivity index (χ4n) is 3.28. The lowest BCUT2D eigenvalue weighted by molar-refractivity contribution is -0.144. The lowest BCUT2D eigenvalue weighted by atomic mass is 10.1. The fourth-order valence-corrected chi connectivity index (χ4v) is 3.51. The van der Waals surface area contributed by atoms with E-state index in [0.717, 1.165) is 13.1 Å². The first-order valence-electron chi connectivity index (χ1n) is 10.5. The normalized spacial score (nSPS) is 12.2. The highest BCUT2D eigenvalue weighted by Crippen LogP contribution is 2.28. The molecule has 1 atom stereocenters. The molecule has 0 bridgehead atoms. The molecule has 1 heterocycles. The molecule has 3 aromatic rings. The summed E-state index contributed by atoms with van der Waals surface area (Å²) in [6.07, 6.45) is -5.99. The minimum absolute atomic E-state index is 0.144. The van der Waals surface area contributed by atoms with Gasteiger partial charge in [-0.05, 0) is 24.6 Å². The van der Waals surface area contributed by atoms with Crippen LogP contribution in [-0.4, -0.2) is 21.7 Å². The SMILES string of the molecule is C=C(C)NOCC(OC(=O)c1cc(-n2c(=O)cc(C(F)(F)F)n(C)c2=O)c(F)cc1Cl)c1ccccc1. The van der Waals surface area contributed by atoms with E-state index in [0.29, 0.717) is 17.3 Å². The predicted molar refractivity (Wildman–Crippen MR) is 126 cm³/mol. The van der Waals surface area contributed by atoms with Crippen LogP contribution >= 0.6 is 11.6 Å². The first kappa shape index (κ1) is 27.7. The van der Waals surface area contributed by atoms with E-state index >= 15 is 0 Å². The number of halogens is 5. The molecule has 13 heteroatoms. The van der Waals surface area contributed by atoms with Gasteiger partial charge in [0.1, 0.15) is 18.1 Å². The molecule has 0 aliphatic heterocycles. The number of rotatable bonds is 8. The number of hydroxylamine groups is 1. The fraction of sp³-hybridized carbons (Fsp3) is 0.208. The maximum atomic E-state index is 14.8. The molecule has 0 fully saturated rings. The van der Waals surface area contributed by atoms with E-state index in [1.165, 1.54) is 0 Å². The number of aromatic nitrogens is 2. The number of alkyl halides is 3. The van der Waals surface area contributed by atoms with E-state index in [1.54, 1.807) is 37.3 Å². The molecule has 2 aromatic carbocycles. The quantitative estimate of drug-likeness (QED) is 0.260. The molecule has 8 nitrogen and oxygen atoms in total. The molecular weight excluding hydrogens is 522 g/mol. The third-order valence-electron chi connectivity index (χ3n) is 5.01. The highest BCUT2D eigenvalue weighted by molar-refractivity contribution is 6.33. The summed E-state index contributed by atoms with van der Waals surface area (Å²) in [6, 6.07) is 9.98. The van der Waals surface area contributed by atoms with Crippen molar-refractivity contribution in [2.75, 3.05) is 6.61 Å². The Morgan fingerprint density at radius 1 is 1.16 bits per heavy atom. The second-order valence-electron chi connectivity index (χ2n) is 7.82. The number of ether oxygens (including phenoxy) is 1. The standard InChI is InChI=1S/C24H20ClF4N3O5/c1-13(2)30-36-12-19(14-7-5-4-6-8-14)37-22(34)15-9-18(17(26)10-16(15)25)32-21(33)11-20(24(27,28)29)31(3)23(32)35/h4-11,19,30H,1,12H2,2-3H3. The van der Waals surface area contributed by atoms with Crippen LogP contribution in [-0.2, 0) is 22.8 Å². The Hall–Kier alpha value is -3.90. The topological polar surface area (TPSA) is 91.6 Å². The molecule has 0 saturated heterocycles. The molecule has 196 valence electrons. The van der Waals surface area contributed by atoms with Gasteiger partial charge in [0.2, 0.25) is 0 Å². The van der Waals surface area contributed by atoms with Crippen LogP contribution in [0.2, 0.25) is 5.02 Å².